The van der Waals surface area contributed by atoms with E-state index in [4.69, 9.17) is 0 Å². The van der Waals surface area contributed by atoms with Crippen molar-refractivity contribution in [2.75, 3.05) is 25.0 Å². The number of carbonyl (C=O) groups excluding carboxylic acids is 1. The highest BCUT2D eigenvalue weighted by molar-refractivity contribution is 5.94. The summed E-state index contributed by atoms with van der Waals surface area (Å²) in [7, 11) is 2.01. The molecule has 0 radical (unpaired) electrons. The van der Waals surface area contributed by atoms with Gasteiger partial charge in [0.15, 0.2) is 0 Å². The zero-order valence-corrected chi connectivity index (χ0v) is 18.5. The number of nitrogens with zero attached hydrogens (tertiary/aromatic N) is 5. The molecule has 0 unspecified atom stereocenters. The van der Waals surface area contributed by atoms with E-state index in [-0.39, 0.29) is 5.91 Å². The molecule has 7 nitrogen and oxygen atoms in total. The van der Waals surface area contributed by atoms with Crippen LogP contribution < -0.4 is 5.32 Å². The lowest BCUT2D eigenvalue weighted by molar-refractivity contribution is -0.117. The minimum atomic E-state index is 0.0509. The molecule has 1 amide bonds. The van der Waals surface area contributed by atoms with Crippen molar-refractivity contribution in [3.63, 3.8) is 0 Å². The number of hydrogen-bond donors (Lipinski definition) is 1. The summed E-state index contributed by atoms with van der Waals surface area (Å²) < 4.78 is 2.06. The van der Waals surface area contributed by atoms with Crippen LogP contribution in [0, 0.1) is 31.6 Å². The van der Waals surface area contributed by atoms with Gasteiger partial charge in [-0.3, -0.25) is 9.69 Å². The standard InChI is InChI=1S/C24H30N6O/c1-15-25-9-8-20(26-15)10-17-4-5-18-12-30(13-21(17)18)14-24(31)28-19-6-7-23-22(11-19)27-16(2)29(23)3/h6-9,11,17-18,21H,4-5,10,12-14H2,1-3H3,(H,28,31)/t17-,18-,21-/m1/s1. The molecule has 2 fully saturated rings. The van der Waals surface area contributed by atoms with E-state index in [2.05, 4.69) is 29.7 Å². The first-order chi connectivity index (χ1) is 15.0. The third kappa shape index (κ3) is 4.06. The fourth-order valence-electron chi connectivity index (χ4n) is 5.54. The number of amides is 1. The lowest BCUT2D eigenvalue weighted by atomic mass is 9.89. The molecule has 2 aromatic heterocycles. The van der Waals surface area contributed by atoms with Crippen LogP contribution in [0.4, 0.5) is 5.69 Å². The molecular formula is C24H30N6O. The number of anilines is 1. The Balaban J connectivity index is 1.18. The second kappa shape index (κ2) is 8.04. The zero-order valence-electron chi connectivity index (χ0n) is 18.5. The molecule has 2 aliphatic rings. The Morgan fingerprint density at radius 3 is 2.87 bits per heavy atom. The first kappa shape index (κ1) is 20.1. The molecule has 0 spiro atoms. The number of likely N-dealkylation sites (tertiary alicyclic amines) is 1. The van der Waals surface area contributed by atoms with Crippen LogP contribution in [0.2, 0.25) is 0 Å². The summed E-state index contributed by atoms with van der Waals surface area (Å²) in [4.78, 5) is 28.4. The number of rotatable bonds is 5. The van der Waals surface area contributed by atoms with E-state index in [0.29, 0.717) is 24.3 Å². The molecule has 1 saturated heterocycles. The molecular weight excluding hydrogens is 388 g/mol. The lowest BCUT2D eigenvalue weighted by Crippen LogP contribution is -2.32. The Kier molecular flexibility index (Phi) is 5.22. The molecule has 1 aliphatic heterocycles. The van der Waals surface area contributed by atoms with Gasteiger partial charge in [0.2, 0.25) is 5.91 Å². The van der Waals surface area contributed by atoms with Crippen molar-refractivity contribution >= 4 is 22.6 Å². The maximum atomic E-state index is 12.7. The van der Waals surface area contributed by atoms with Crippen molar-refractivity contribution in [2.24, 2.45) is 24.8 Å². The highest BCUT2D eigenvalue weighted by Crippen LogP contribution is 2.43. The van der Waals surface area contributed by atoms with Gasteiger partial charge in [0.25, 0.3) is 0 Å². The lowest BCUT2D eigenvalue weighted by Gasteiger charge is -2.20. The van der Waals surface area contributed by atoms with E-state index in [0.717, 1.165) is 53.6 Å². The van der Waals surface area contributed by atoms with Gasteiger partial charge in [-0.05, 0) is 75.1 Å². The third-order valence-electron chi connectivity index (χ3n) is 7.14. The molecule has 3 aromatic rings. The Labute approximate surface area is 182 Å². The third-order valence-corrected chi connectivity index (χ3v) is 7.14. The van der Waals surface area contributed by atoms with Crippen molar-refractivity contribution in [2.45, 2.75) is 33.1 Å². The summed E-state index contributed by atoms with van der Waals surface area (Å²) >= 11 is 0. The number of nitrogens with one attached hydrogen (secondary N) is 1. The number of carbonyl (C=O) groups is 1. The molecule has 1 aromatic carbocycles. The molecule has 5 rings (SSSR count). The van der Waals surface area contributed by atoms with Crippen LogP contribution in [-0.2, 0) is 18.3 Å². The van der Waals surface area contributed by atoms with E-state index < -0.39 is 0 Å². The average Bonchev–Trinajstić information content (AvgIpc) is 3.36. The molecule has 31 heavy (non-hydrogen) atoms. The average molecular weight is 419 g/mol. The number of aryl methyl sites for hydroxylation is 3. The van der Waals surface area contributed by atoms with Gasteiger partial charge in [-0.1, -0.05) is 0 Å². The fraction of sp³-hybridized carbons (Fsp3) is 0.500. The maximum Gasteiger partial charge on any atom is 0.238 e. The minimum Gasteiger partial charge on any atom is -0.331 e. The predicted molar refractivity (Wildman–Crippen MR) is 121 cm³/mol. The fourth-order valence-corrected chi connectivity index (χ4v) is 5.54. The Morgan fingerprint density at radius 1 is 1.16 bits per heavy atom. The summed E-state index contributed by atoms with van der Waals surface area (Å²) in [5.41, 5.74) is 3.95. The molecule has 0 bridgehead atoms. The van der Waals surface area contributed by atoms with Crippen molar-refractivity contribution in [3.05, 3.63) is 47.8 Å². The second-order valence-corrected chi connectivity index (χ2v) is 9.22. The van der Waals surface area contributed by atoms with Gasteiger partial charge < -0.3 is 9.88 Å². The van der Waals surface area contributed by atoms with Crippen LogP contribution in [0.5, 0.6) is 0 Å². The van der Waals surface area contributed by atoms with Crippen LogP contribution >= 0.6 is 0 Å². The Morgan fingerprint density at radius 2 is 2.03 bits per heavy atom. The maximum absolute atomic E-state index is 12.7. The largest absolute Gasteiger partial charge is 0.331 e. The van der Waals surface area contributed by atoms with E-state index in [1.807, 2.05) is 51.4 Å². The summed E-state index contributed by atoms with van der Waals surface area (Å²) in [5, 5.41) is 3.07. The minimum absolute atomic E-state index is 0.0509. The Bertz CT molecular complexity index is 1120. The van der Waals surface area contributed by atoms with Crippen LogP contribution in [0.15, 0.2) is 30.5 Å². The highest BCUT2D eigenvalue weighted by Gasteiger charge is 2.42. The van der Waals surface area contributed by atoms with Crippen molar-refractivity contribution in [1.29, 1.82) is 0 Å². The molecule has 3 atom stereocenters. The zero-order chi connectivity index (χ0) is 21.5. The molecule has 1 saturated carbocycles. The number of benzene rings is 1. The SMILES string of the molecule is Cc1nccc(C[C@H]2CC[C@@H]3CN(CC(=O)Nc4ccc5c(c4)nc(C)n5C)C[C@H]23)n1. The number of imidazole rings is 1. The first-order valence-corrected chi connectivity index (χ1v) is 11.2. The summed E-state index contributed by atoms with van der Waals surface area (Å²) in [6, 6.07) is 7.98. The quantitative estimate of drug-likeness (QED) is 0.689. The van der Waals surface area contributed by atoms with Crippen molar-refractivity contribution < 1.29 is 4.79 Å². The van der Waals surface area contributed by atoms with Crippen LogP contribution in [0.3, 0.4) is 0 Å². The molecule has 3 heterocycles. The monoisotopic (exact) mass is 418 g/mol. The smallest absolute Gasteiger partial charge is 0.238 e. The van der Waals surface area contributed by atoms with E-state index in [1.165, 1.54) is 12.8 Å². The second-order valence-electron chi connectivity index (χ2n) is 9.22. The normalized spacial score (nSPS) is 23.4. The predicted octanol–water partition coefficient (Wildman–Crippen LogP) is 3.12. The van der Waals surface area contributed by atoms with E-state index in [9.17, 15) is 4.79 Å². The number of fused-ring (bicyclic) bond motifs is 2. The number of hydrogen-bond acceptors (Lipinski definition) is 5. The Hall–Kier alpha value is -2.80. The number of aromatic nitrogens is 4. The molecule has 1 aliphatic carbocycles. The van der Waals surface area contributed by atoms with Crippen molar-refractivity contribution in [3.8, 4) is 0 Å². The van der Waals surface area contributed by atoms with Crippen LogP contribution in [-0.4, -0.2) is 50.0 Å². The summed E-state index contributed by atoms with van der Waals surface area (Å²) in [5.74, 6) is 3.88. The molecule has 1 N–H and O–H groups in total. The van der Waals surface area contributed by atoms with E-state index >= 15 is 0 Å². The first-order valence-electron chi connectivity index (χ1n) is 11.2. The van der Waals surface area contributed by atoms with Crippen LogP contribution in [0.1, 0.15) is 30.2 Å². The summed E-state index contributed by atoms with van der Waals surface area (Å²) in [6.45, 7) is 6.41. The van der Waals surface area contributed by atoms with Gasteiger partial charge in [-0.25, -0.2) is 15.0 Å². The van der Waals surface area contributed by atoms with Gasteiger partial charge in [0.1, 0.15) is 11.6 Å². The molecule has 7 heteroatoms. The van der Waals surface area contributed by atoms with Gasteiger partial charge in [-0.15, -0.1) is 0 Å². The summed E-state index contributed by atoms with van der Waals surface area (Å²) in [6.07, 6.45) is 5.40. The molecule has 162 valence electrons. The van der Waals surface area contributed by atoms with Crippen molar-refractivity contribution in [1.82, 2.24) is 24.4 Å². The van der Waals surface area contributed by atoms with Gasteiger partial charge in [0, 0.05) is 37.7 Å². The topological polar surface area (TPSA) is 75.9 Å². The van der Waals surface area contributed by atoms with Crippen LogP contribution in [0.25, 0.3) is 11.0 Å². The van der Waals surface area contributed by atoms with Gasteiger partial charge in [-0.2, -0.15) is 0 Å². The highest BCUT2D eigenvalue weighted by atomic mass is 16.2. The van der Waals surface area contributed by atoms with Gasteiger partial charge >= 0.3 is 0 Å². The van der Waals surface area contributed by atoms with E-state index in [1.54, 1.807) is 0 Å². The van der Waals surface area contributed by atoms with Gasteiger partial charge in [0.05, 0.1) is 17.6 Å².